The van der Waals surface area contributed by atoms with Gasteiger partial charge in [-0.25, -0.2) is 9.97 Å². The maximum atomic E-state index is 15.4. The highest BCUT2D eigenvalue weighted by Gasteiger charge is 2.70. The number of nitrogens with zero attached hydrogens (tertiary/aromatic N) is 4. The quantitative estimate of drug-likeness (QED) is 0.117. The molecule has 17 heteroatoms. The third kappa shape index (κ3) is 6.19. The van der Waals surface area contributed by atoms with Crippen molar-refractivity contribution in [2.24, 2.45) is 23.7 Å². The largest absolute Gasteiger partial charge is 0.508 e. The van der Waals surface area contributed by atoms with Gasteiger partial charge in [-0.3, -0.25) is 29.5 Å². The van der Waals surface area contributed by atoms with Crippen LogP contribution in [0.4, 0.5) is 24.7 Å². The van der Waals surface area contributed by atoms with Crippen molar-refractivity contribution in [3.8, 4) is 23.0 Å². The number of carbonyl (C=O) groups is 4. The van der Waals surface area contributed by atoms with Crippen LogP contribution >= 0.6 is 23.2 Å². The maximum absolute atomic E-state index is 15.4. The van der Waals surface area contributed by atoms with Crippen LogP contribution in [0.5, 0.6) is 11.5 Å². The molecule has 4 heterocycles. The van der Waals surface area contributed by atoms with Crippen molar-refractivity contribution in [2.75, 3.05) is 17.4 Å². The summed E-state index contributed by atoms with van der Waals surface area (Å²) in [5.41, 5.74) is 2.93. The number of aromatic nitrogens is 2. The van der Waals surface area contributed by atoms with E-state index in [1.54, 1.807) is 66.7 Å². The number of rotatable bonds is 7. The third-order valence-corrected chi connectivity index (χ3v) is 13.3. The van der Waals surface area contributed by atoms with Crippen molar-refractivity contribution >= 4 is 69.4 Å². The normalized spacial score (nSPS) is 24.3. The van der Waals surface area contributed by atoms with Gasteiger partial charge in [0.05, 0.1) is 46.6 Å². The number of nitrogens with one attached hydrogen (secondary N) is 1. The summed E-state index contributed by atoms with van der Waals surface area (Å²) < 4.78 is 52.0. The van der Waals surface area contributed by atoms with E-state index in [2.05, 4.69) is 15.4 Å². The van der Waals surface area contributed by atoms with Gasteiger partial charge in [0.25, 0.3) is 11.8 Å². The van der Waals surface area contributed by atoms with E-state index >= 15 is 4.79 Å². The number of hydrogen-bond acceptors (Lipinski definition) is 10. The molecule has 2 saturated heterocycles. The fourth-order valence-electron chi connectivity index (χ4n) is 10.0. The molecule has 6 unspecified atom stereocenters. The molecule has 4 aromatic carbocycles. The smallest absolute Gasteiger partial charge is 0.417 e. The van der Waals surface area contributed by atoms with Crippen molar-refractivity contribution in [3.63, 3.8) is 0 Å². The van der Waals surface area contributed by atoms with E-state index in [0.717, 1.165) is 4.90 Å². The van der Waals surface area contributed by atoms with Gasteiger partial charge in [-0.05, 0) is 85.0 Å². The van der Waals surface area contributed by atoms with E-state index in [1.165, 1.54) is 13.2 Å². The highest BCUT2D eigenvalue weighted by molar-refractivity contribution is 6.33. The minimum absolute atomic E-state index is 0.0997. The number of oxazole rings is 1. The van der Waals surface area contributed by atoms with Gasteiger partial charge < -0.3 is 14.3 Å². The van der Waals surface area contributed by atoms with Crippen molar-refractivity contribution in [1.29, 1.82) is 0 Å². The number of carbonyl (C=O) groups excluding carboxylic acids is 4. The summed E-state index contributed by atoms with van der Waals surface area (Å²) in [5, 5.41) is 12.3. The molecule has 6 aromatic rings. The predicted molar refractivity (Wildman–Crippen MR) is 223 cm³/mol. The number of imide groups is 2. The Labute approximate surface area is 365 Å². The first-order valence-corrected chi connectivity index (χ1v) is 20.5. The summed E-state index contributed by atoms with van der Waals surface area (Å²) in [5.74, 6) is -7.58. The molecule has 0 spiro atoms. The first-order chi connectivity index (χ1) is 30.2. The van der Waals surface area contributed by atoms with Crippen LogP contribution in [0.2, 0.25) is 10.0 Å². The molecule has 2 aliphatic carbocycles. The van der Waals surface area contributed by atoms with Crippen LogP contribution in [0, 0.1) is 23.7 Å². The molecular weight excluding hydrogens is 862 g/mol. The van der Waals surface area contributed by atoms with E-state index in [4.69, 9.17) is 32.4 Å². The lowest BCUT2D eigenvalue weighted by atomic mass is 9.49. The zero-order chi connectivity index (χ0) is 44.1. The third-order valence-electron chi connectivity index (χ3n) is 12.8. The van der Waals surface area contributed by atoms with Crippen LogP contribution in [-0.4, -0.2) is 50.8 Å². The van der Waals surface area contributed by atoms with Gasteiger partial charge in [0, 0.05) is 34.3 Å². The number of benzene rings is 4. The van der Waals surface area contributed by atoms with Crippen LogP contribution in [0.3, 0.4) is 0 Å². The molecule has 12 nitrogen and oxygen atoms in total. The number of hydrazine groups is 1. The van der Waals surface area contributed by atoms with E-state index in [9.17, 15) is 32.7 Å². The van der Waals surface area contributed by atoms with Gasteiger partial charge in [-0.2, -0.15) is 18.2 Å². The Morgan fingerprint density at radius 1 is 0.905 bits per heavy atom. The Morgan fingerprint density at radius 3 is 2.33 bits per heavy atom. The SMILES string of the molecule is COc1ccc(C2C3=CCC4C(=O)N(c5ccc(-c6nc7ccccc7o6)cc5)C(=O)C4C3CC3C(=O)N(Nc4ncc(C(F)(F)F)cc4Cl)C(=O)C32c2ccc(Cl)cc2)c(O)c1. The first kappa shape index (κ1) is 40.4. The second-order valence-electron chi connectivity index (χ2n) is 15.9. The fourth-order valence-corrected chi connectivity index (χ4v) is 10.4. The van der Waals surface area contributed by atoms with Gasteiger partial charge in [0.2, 0.25) is 17.7 Å². The molecule has 318 valence electrons. The summed E-state index contributed by atoms with van der Waals surface area (Å²) in [4.78, 5) is 69.1. The fraction of sp³-hybridized carbons (Fsp3) is 0.217. The van der Waals surface area contributed by atoms with Crippen LogP contribution in [0.15, 0.2) is 119 Å². The second-order valence-corrected chi connectivity index (χ2v) is 16.7. The molecule has 1 saturated carbocycles. The highest BCUT2D eigenvalue weighted by Crippen LogP contribution is 2.65. The Morgan fingerprint density at radius 2 is 1.65 bits per heavy atom. The number of aromatic hydroxyl groups is 1. The van der Waals surface area contributed by atoms with Crippen LogP contribution in [0.1, 0.15) is 35.4 Å². The Balaban J connectivity index is 1.08. The van der Waals surface area contributed by atoms with Gasteiger partial charge in [0.15, 0.2) is 11.4 Å². The molecule has 2 aliphatic heterocycles. The van der Waals surface area contributed by atoms with Gasteiger partial charge in [0.1, 0.15) is 17.0 Å². The van der Waals surface area contributed by atoms with Crippen LogP contribution in [-0.2, 0) is 30.8 Å². The second kappa shape index (κ2) is 14.7. The van der Waals surface area contributed by atoms with Crippen molar-refractivity contribution in [2.45, 2.75) is 30.4 Å². The van der Waals surface area contributed by atoms with E-state index in [-0.39, 0.29) is 24.2 Å². The Bertz CT molecular complexity index is 2910. The first-order valence-electron chi connectivity index (χ1n) is 19.7. The molecule has 4 aliphatic rings. The molecular formula is C46H32Cl2F3N5O7. The Kier molecular flexibility index (Phi) is 9.42. The van der Waals surface area contributed by atoms with Gasteiger partial charge >= 0.3 is 6.18 Å². The van der Waals surface area contributed by atoms with Crippen molar-refractivity contribution < 1.29 is 46.6 Å². The zero-order valence-corrected chi connectivity index (χ0v) is 34.3. The summed E-state index contributed by atoms with van der Waals surface area (Å²) in [6.07, 6.45) is -2.44. The molecule has 2 aromatic heterocycles. The molecule has 63 heavy (non-hydrogen) atoms. The maximum Gasteiger partial charge on any atom is 0.417 e. The number of methoxy groups -OCH3 is 1. The molecule has 10 rings (SSSR count). The minimum atomic E-state index is -4.78. The van der Waals surface area contributed by atoms with Crippen LogP contribution in [0.25, 0.3) is 22.6 Å². The molecule has 4 amide bonds. The van der Waals surface area contributed by atoms with E-state index < -0.39 is 81.2 Å². The van der Waals surface area contributed by atoms with Gasteiger partial charge in [-0.15, -0.1) is 0 Å². The number of hydrogen-bond donors (Lipinski definition) is 2. The number of amides is 4. The number of alkyl halides is 3. The summed E-state index contributed by atoms with van der Waals surface area (Å²) >= 11 is 12.7. The lowest BCUT2D eigenvalue weighted by molar-refractivity contribution is -0.139. The molecule has 6 atom stereocenters. The van der Waals surface area contributed by atoms with Crippen LogP contribution < -0.4 is 15.1 Å². The average molecular weight is 895 g/mol. The average Bonchev–Trinajstić information content (AvgIpc) is 3.88. The number of halogens is 5. The number of para-hydroxylation sites is 2. The lowest BCUT2D eigenvalue weighted by Crippen LogP contribution is -2.53. The van der Waals surface area contributed by atoms with Gasteiger partial charge in [-0.1, -0.05) is 65.2 Å². The summed E-state index contributed by atoms with van der Waals surface area (Å²) in [6, 6.07) is 25.5. The number of allylic oxidation sites excluding steroid dienone is 2. The monoisotopic (exact) mass is 893 g/mol. The standard InChI is InChI=1S/C46H32Cl2F3N5O7/c1-62-27-14-15-29(35(57)19-27)38-28-16-17-30-37(43(60)55(41(30)58)26-12-6-22(7-13-26)40-53-34-4-2-3-5-36(34)63-40)31(28)20-32-42(59)56(44(61)45(32,38)23-8-10-25(47)11-9-23)54-39-33(48)18-24(21-52-39)46(49,50)51/h2-16,18-19,21,30-32,37-38,57H,17,20H2,1H3,(H,52,54). The predicted octanol–water partition coefficient (Wildman–Crippen LogP) is 9.12. The highest BCUT2D eigenvalue weighted by atomic mass is 35.5. The number of pyridine rings is 1. The number of fused-ring (bicyclic) bond motifs is 5. The summed E-state index contributed by atoms with van der Waals surface area (Å²) in [6.45, 7) is 0. The lowest BCUT2D eigenvalue weighted by Gasteiger charge is -2.50. The molecule has 3 fully saturated rings. The minimum Gasteiger partial charge on any atom is -0.508 e. The zero-order valence-electron chi connectivity index (χ0n) is 32.8. The molecule has 2 N–H and O–H groups in total. The number of ether oxygens (including phenoxy) is 1. The van der Waals surface area contributed by atoms with Crippen molar-refractivity contribution in [3.05, 3.63) is 142 Å². The topological polar surface area (TPSA) is 155 Å². The van der Waals surface area contributed by atoms with Crippen molar-refractivity contribution in [1.82, 2.24) is 15.0 Å². The number of phenols is 1. The Hall–Kier alpha value is -6.71. The molecule has 0 bridgehead atoms. The summed E-state index contributed by atoms with van der Waals surface area (Å²) in [7, 11) is 1.42. The molecule has 0 radical (unpaired) electrons. The van der Waals surface area contributed by atoms with E-state index in [1.807, 2.05) is 24.3 Å². The number of phenolic OH excluding ortho intramolecular Hbond substituents is 1. The number of anilines is 2. The van der Waals surface area contributed by atoms with E-state index in [0.29, 0.717) is 67.4 Å².